The van der Waals surface area contributed by atoms with Gasteiger partial charge in [-0.25, -0.2) is 0 Å². The van der Waals surface area contributed by atoms with Crippen LogP contribution in [0.15, 0.2) is 0 Å². The van der Waals surface area contributed by atoms with Gasteiger partial charge in [0.1, 0.15) is 0 Å². The third-order valence-electron chi connectivity index (χ3n) is 1.99. The van der Waals surface area contributed by atoms with Crippen LogP contribution < -0.4 is 5.32 Å². The van der Waals surface area contributed by atoms with E-state index in [1.165, 1.54) is 22.1 Å². The lowest BCUT2D eigenvalue weighted by Gasteiger charge is -2.34. The third kappa shape index (κ3) is 2.56. The average Bonchev–Trinajstić information content (AvgIpc) is 1.86. The van der Waals surface area contributed by atoms with Gasteiger partial charge in [0.15, 0.2) is 0 Å². The molecular formula is C6H12INOS. The molecule has 0 radical (unpaired) electrons. The fourth-order valence-electron chi connectivity index (χ4n) is 1.23. The molecule has 1 saturated carbocycles. The van der Waals surface area contributed by atoms with Gasteiger partial charge < -0.3 is 9.50 Å². The first-order valence-corrected chi connectivity index (χ1v) is 6.72. The van der Waals surface area contributed by atoms with Gasteiger partial charge in [0.2, 0.25) is 0 Å². The zero-order valence-corrected chi connectivity index (χ0v) is 8.94. The van der Waals surface area contributed by atoms with Crippen molar-refractivity contribution in [2.75, 3.05) is 13.7 Å². The Morgan fingerprint density at radius 1 is 1.70 bits per heavy atom. The second-order valence-corrected chi connectivity index (χ2v) is 4.11. The smallest absolute Gasteiger partial charge is 0.0652 e. The van der Waals surface area contributed by atoms with Crippen molar-refractivity contribution < 1.29 is 4.18 Å². The SMILES string of the molecule is CNC1CC(COSI)C1. The Morgan fingerprint density at radius 2 is 2.40 bits per heavy atom. The van der Waals surface area contributed by atoms with Crippen molar-refractivity contribution in [3.63, 3.8) is 0 Å². The Hall–Kier alpha value is 1.00. The quantitative estimate of drug-likeness (QED) is 0.625. The molecule has 0 aromatic rings. The van der Waals surface area contributed by atoms with Gasteiger partial charge >= 0.3 is 0 Å². The zero-order valence-electron chi connectivity index (χ0n) is 5.97. The van der Waals surface area contributed by atoms with E-state index in [0.717, 1.165) is 18.6 Å². The van der Waals surface area contributed by atoms with Crippen LogP contribution in [-0.2, 0) is 4.18 Å². The van der Waals surface area contributed by atoms with Crippen molar-refractivity contribution >= 4 is 30.4 Å². The zero-order chi connectivity index (χ0) is 7.40. The highest BCUT2D eigenvalue weighted by Crippen LogP contribution is 2.29. The van der Waals surface area contributed by atoms with Gasteiger partial charge in [0.05, 0.1) is 15.8 Å². The summed E-state index contributed by atoms with van der Waals surface area (Å²) in [5.74, 6) is 0.805. The maximum absolute atomic E-state index is 5.21. The van der Waals surface area contributed by atoms with E-state index < -0.39 is 0 Å². The predicted octanol–water partition coefficient (Wildman–Crippen LogP) is 2.00. The molecule has 60 valence electrons. The molecule has 0 aromatic carbocycles. The summed E-state index contributed by atoms with van der Waals surface area (Å²) in [6.07, 6.45) is 2.57. The Morgan fingerprint density at radius 3 is 2.90 bits per heavy atom. The molecule has 1 N–H and O–H groups in total. The molecule has 0 amide bonds. The van der Waals surface area contributed by atoms with Crippen LogP contribution in [0.1, 0.15) is 12.8 Å². The van der Waals surface area contributed by atoms with Crippen LogP contribution in [-0.4, -0.2) is 19.7 Å². The summed E-state index contributed by atoms with van der Waals surface area (Å²) >= 11 is 2.15. The van der Waals surface area contributed by atoms with Crippen molar-refractivity contribution in [2.24, 2.45) is 5.92 Å². The van der Waals surface area contributed by atoms with E-state index in [0.29, 0.717) is 0 Å². The number of hydrogen-bond donors (Lipinski definition) is 1. The van der Waals surface area contributed by atoms with E-state index in [1.807, 2.05) is 7.05 Å². The van der Waals surface area contributed by atoms with Gasteiger partial charge in [0.25, 0.3) is 0 Å². The van der Waals surface area contributed by atoms with Crippen molar-refractivity contribution in [1.82, 2.24) is 5.32 Å². The van der Waals surface area contributed by atoms with Crippen LogP contribution in [0.2, 0.25) is 0 Å². The largest absolute Gasteiger partial charge is 0.317 e. The second-order valence-electron chi connectivity index (χ2n) is 2.67. The first-order valence-electron chi connectivity index (χ1n) is 3.44. The van der Waals surface area contributed by atoms with Gasteiger partial charge in [-0.15, -0.1) is 0 Å². The van der Waals surface area contributed by atoms with E-state index in [-0.39, 0.29) is 0 Å². The summed E-state index contributed by atoms with van der Waals surface area (Å²) < 4.78 is 5.21. The molecule has 0 unspecified atom stereocenters. The first-order chi connectivity index (χ1) is 4.86. The minimum atomic E-state index is 0.757. The van der Waals surface area contributed by atoms with Crippen LogP contribution in [0.5, 0.6) is 0 Å². The summed E-state index contributed by atoms with van der Waals surface area (Å²) in [5, 5.41) is 3.24. The predicted molar refractivity (Wildman–Crippen MR) is 53.1 cm³/mol. The fourth-order valence-corrected chi connectivity index (χ4v) is 1.91. The Labute approximate surface area is 78.3 Å². The normalized spacial score (nSPS) is 31.8. The van der Waals surface area contributed by atoms with Crippen LogP contribution in [0, 0.1) is 5.92 Å². The van der Waals surface area contributed by atoms with E-state index in [4.69, 9.17) is 4.18 Å². The Balaban J connectivity index is 1.93. The van der Waals surface area contributed by atoms with Crippen LogP contribution >= 0.6 is 30.4 Å². The molecule has 0 saturated heterocycles. The first kappa shape index (κ1) is 9.09. The monoisotopic (exact) mass is 273 g/mol. The molecule has 2 nitrogen and oxygen atoms in total. The number of rotatable bonds is 4. The van der Waals surface area contributed by atoms with Gasteiger partial charge in [0, 0.05) is 27.2 Å². The molecule has 0 bridgehead atoms. The number of hydrogen-bond acceptors (Lipinski definition) is 3. The summed E-state index contributed by atoms with van der Waals surface area (Å²) in [4.78, 5) is 0. The van der Waals surface area contributed by atoms with Gasteiger partial charge in [-0.3, -0.25) is 0 Å². The molecule has 0 aromatic heterocycles. The molecule has 0 aliphatic heterocycles. The van der Waals surface area contributed by atoms with Crippen molar-refractivity contribution in [3.05, 3.63) is 0 Å². The maximum Gasteiger partial charge on any atom is 0.0652 e. The molecule has 0 spiro atoms. The van der Waals surface area contributed by atoms with E-state index in [2.05, 4.69) is 26.5 Å². The lowest BCUT2D eigenvalue weighted by Crippen LogP contribution is -2.40. The molecule has 10 heavy (non-hydrogen) atoms. The Kier molecular flexibility index (Phi) is 4.36. The lowest BCUT2D eigenvalue weighted by molar-refractivity contribution is 0.162. The molecular weight excluding hydrogens is 261 g/mol. The van der Waals surface area contributed by atoms with Crippen LogP contribution in [0.3, 0.4) is 0 Å². The molecule has 0 heterocycles. The lowest BCUT2D eigenvalue weighted by atomic mass is 9.81. The van der Waals surface area contributed by atoms with Gasteiger partial charge in [-0.05, 0) is 25.8 Å². The third-order valence-corrected chi connectivity index (χ3v) is 2.98. The highest BCUT2D eigenvalue weighted by molar-refractivity contribution is 14.2. The van der Waals surface area contributed by atoms with Gasteiger partial charge in [-0.1, -0.05) is 0 Å². The molecule has 1 aliphatic rings. The minimum absolute atomic E-state index is 0.757. The summed E-state index contributed by atoms with van der Waals surface area (Å²) in [6.45, 7) is 0.922. The molecule has 1 aliphatic carbocycles. The average molecular weight is 273 g/mol. The summed E-state index contributed by atoms with van der Waals surface area (Å²) in [5.41, 5.74) is 0. The van der Waals surface area contributed by atoms with E-state index in [1.54, 1.807) is 0 Å². The van der Waals surface area contributed by atoms with E-state index in [9.17, 15) is 0 Å². The van der Waals surface area contributed by atoms with Crippen LogP contribution in [0.25, 0.3) is 0 Å². The van der Waals surface area contributed by atoms with Crippen molar-refractivity contribution in [1.29, 1.82) is 0 Å². The maximum atomic E-state index is 5.21. The molecule has 4 heteroatoms. The van der Waals surface area contributed by atoms with Gasteiger partial charge in [-0.2, -0.15) is 0 Å². The fraction of sp³-hybridized carbons (Fsp3) is 1.00. The van der Waals surface area contributed by atoms with Crippen LogP contribution in [0.4, 0.5) is 0 Å². The topological polar surface area (TPSA) is 21.3 Å². The molecule has 0 atom stereocenters. The summed E-state index contributed by atoms with van der Waals surface area (Å²) in [6, 6.07) is 0.757. The Bertz CT molecular complexity index is 95.0. The number of halogens is 1. The highest BCUT2D eigenvalue weighted by atomic mass is 127. The second kappa shape index (κ2) is 4.79. The number of nitrogens with one attached hydrogen (secondary N) is 1. The van der Waals surface area contributed by atoms with Crippen molar-refractivity contribution in [3.8, 4) is 0 Å². The van der Waals surface area contributed by atoms with E-state index >= 15 is 0 Å². The molecule has 1 rings (SSSR count). The molecule has 1 fully saturated rings. The van der Waals surface area contributed by atoms with Crippen molar-refractivity contribution in [2.45, 2.75) is 18.9 Å². The minimum Gasteiger partial charge on any atom is -0.317 e. The summed E-state index contributed by atoms with van der Waals surface area (Å²) in [7, 11) is 3.46. The standard InChI is InChI=1S/C6H12INOS/c1-8-6-2-5(3-6)4-9-10-7/h5-6,8H,2-4H2,1H3. The highest BCUT2D eigenvalue weighted by Gasteiger charge is 2.27.